The molecule has 4 aromatic rings. The fourth-order valence-electron chi connectivity index (χ4n) is 3.49. The van der Waals surface area contributed by atoms with Gasteiger partial charge in [-0.1, -0.05) is 18.2 Å². The van der Waals surface area contributed by atoms with Crippen molar-refractivity contribution in [2.45, 2.75) is 25.3 Å². The first kappa shape index (κ1) is 17.7. The van der Waals surface area contributed by atoms with Gasteiger partial charge in [0.15, 0.2) is 11.5 Å². The lowest BCUT2D eigenvalue weighted by molar-refractivity contribution is 0.325. The summed E-state index contributed by atoms with van der Waals surface area (Å²) in [6.07, 6.45) is 5.69. The van der Waals surface area contributed by atoms with Gasteiger partial charge < -0.3 is 10.4 Å². The number of nitrogens with zero attached hydrogens (tertiary/aromatic N) is 5. The summed E-state index contributed by atoms with van der Waals surface area (Å²) in [7, 11) is 0. The molecule has 0 atom stereocenters. The first-order valence-corrected chi connectivity index (χ1v) is 9.51. The molecule has 1 fully saturated rings. The minimum atomic E-state index is -0.284. The lowest BCUT2D eigenvalue weighted by Gasteiger charge is -2.09. The Balaban J connectivity index is 1.61. The Bertz CT molecular complexity index is 1190. The molecule has 7 nitrogen and oxygen atoms in total. The average molecular weight is 390 g/mol. The van der Waals surface area contributed by atoms with E-state index in [2.05, 4.69) is 25.4 Å². The van der Waals surface area contributed by atoms with Crippen LogP contribution in [0.25, 0.3) is 22.6 Å². The standard InChI is InChI=1S/C21H19FN6O/c22-17-6-2-1-4-14(17)11-28-21-15(5-3-9-23-21)18(27-28)20-24-10-16(13-7-8-13)19(26-20)25-12-29/h1-6,9-10,13,29H,7-8,11-12H2,(H,24,25,26). The Morgan fingerprint density at radius 3 is 2.79 bits per heavy atom. The molecule has 3 heterocycles. The molecule has 146 valence electrons. The highest BCUT2D eigenvalue weighted by atomic mass is 19.1. The van der Waals surface area contributed by atoms with Gasteiger partial charge in [-0.25, -0.2) is 24.0 Å². The van der Waals surface area contributed by atoms with Crippen LogP contribution in [0.1, 0.15) is 29.9 Å². The summed E-state index contributed by atoms with van der Waals surface area (Å²) in [5.41, 5.74) is 2.75. The zero-order valence-electron chi connectivity index (χ0n) is 15.6. The summed E-state index contributed by atoms with van der Waals surface area (Å²) < 4.78 is 15.8. The van der Waals surface area contributed by atoms with Crippen LogP contribution in [0.2, 0.25) is 0 Å². The first-order valence-electron chi connectivity index (χ1n) is 9.51. The van der Waals surface area contributed by atoms with Crippen LogP contribution in [0.4, 0.5) is 10.2 Å². The smallest absolute Gasteiger partial charge is 0.182 e. The third kappa shape index (κ3) is 3.31. The van der Waals surface area contributed by atoms with Gasteiger partial charge in [-0.15, -0.1) is 0 Å². The van der Waals surface area contributed by atoms with Crippen LogP contribution in [0.5, 0.6) is 0 Å². The van der Waals surface area contributed by atoms with Crippen LogP contribution in [-0.2, 0) is 6.54 Å². The number of aromatic nitrogens is 5. The van der Waals surface area contributed by atoms with Crippen molar-refractivity contribution in [3.8, 4) is 11.5 Å². The highest BCUT2D eigenvalue weighted by Gasteiger charge is 2.28. The Morgan fingerprint density at radius 1 is 1.14 bits per heavy atom. The number of benzene rings is 1. The predicted molar refractivity (Wildman–Crippen MR) is 107 cm³/mol. The predicted octanol–water partition coefficient (Wildman–Crippen LogP) is 3.31. The van der Waals surface area contributed by atoms with E-state index in [0.717, 1.165) is 23.8 Å². The summed E-state index contributed by atoms with van der Waals surface area (Å²) in [5, 5.41) is 17.7. The fourth-order valence-corrected chi connectivity index (χ4v) is 3.49. The van der Waals surface area contributed by atoms with E-state index in [9.17, 15) is 9.50 Å². The minimum Gasteiger partial charge on any atom is -0.377 e. The highest BCUT2D eigenvalue weighted by Crippen LogP contribution is 2.43. The second-order valence-corrected chi connectivity index (χ2v) is 7.08. The number of anilines is 1. The summed E-state index contributed by atoms with van der Waals surface area (Å²) in [4.78, 5) is 13.6. The van der Waals surface area contributed by atoms with Gasteiger partial charge in [0, 0.05) is 23.5 Å². The SMILES string of the molecule is OCNc1nc(-c2nn(Cc3ccccc3F)c3ncccc23)ncc1C1CC1. The summed E-state index contributed by atoms with van der Waals surface area (Å²) in [6, 6.07) is 10.4. The van der Waals surface area contributed by atoms with E-state index in [4.69, 9.17) is 0 Å². The molecule has 0 unspecified atom stereocenters. The van der Waals surface area contributed by atoms with Gasteiger partial charge >= 0.3 is 0 Å². The number of halogens is 1. The number of aliphatic hydroxyl groups is 1. The number of aliphatic hydroxyl groups excluding tert-OH is 1. The number of rotatable bonds is 6. The Morgan fingerprint density at radius 2 is 2.00 bits per heavy atom. The van der Waals surface area contributed by atoms with Crippen LogP contribution < -0.4 is 5.32 Å². The topological polar surface area (TPSA) is 88.8 Å². The Hall–Kier alpha value is -3.39. The van der Waals surface area contributed by atoms with Crippen molar-refractivity contribution < 1.29 is 9.50 Å². The number of hydrogen-bond acceptors (Lipinski definition) is 6. The van der Waals surface area contributed by atoms with E-state index >= 15 is 0 Å². The van der Waals surface area contributed by atoms with Gasteiger partial charge in [-0.2, -0.15) is 5.10 Å². The molecule has 0 bridgehead atoms. The molecule has 29 heavy (non-hydrogen) atoms. The molecule has 1 aromatic carbocycles. The molecule has 0 amide bonds. The molecule has 8 heteroatoms. The van der Waals surface area contributed by atoms with Crippen LogP contribution in [0.3, 0.4) is 0 Å². The van der Waals surface area contributed by atoms with Crippen molar-refractivity contribution in [1.82, 2.24) is 24.7 Å². The maximum atomic E-state index is 14.2. The molecular weight excluding hydrogens is 371 g/mol. The van der Waals surface area contributed by atoms with Crippen molar-refractivity contribution in [2.75, 3.05) is 12.0 Å². The van der Waals surface area contributed by atoms with Crippen molar-refractivity contribution in [3.63, 3.8) is 0 Å². The normalized spacial score (nSPS) is 13.7. The van der Waals surface area contributed by atoms with Crippen molar-refractivity contribution in [3.05, 3.63) is 65.7 Å². The molecule has 3 aromatic heterocycles. The van der Waals surface area contributed by atoms with E-state index in [1.165, 1.54) is 6.07 Å². The molecule has 1 saturated carbocycles. The quantitative estimate of drug-likeness (QED) is 0.491. The second kappa shape index (κ2) is 7.21. The maximum Gasteiger partial charge on any atom is 0.182 e. The van der Waals surface area contributed by atoms with Gasteiger partial charge in [0.2, 0.25) is 0 Å². The molecule has 2 N–H and O–H groups in total. The van der Waals surface area contributed by atoms with Crippen molar-refractivity contribution in [2.24, 2.45) is 0 Å². The van der Waals surface area contributed by atoms with Gasteiger partial charge in [0.25, 0.3) is 0 Å². The van der Waals surface area contributed by atoms with Crippen LogP contribution in [-0.4, -0.2) is 36.6 Å². The largest absolute Gasteiger partial charge is 0.377 e. The summed E-state index contributed by atoms with van der Waals surface area (Å²) in [6.45, 7) is 0.0439. The molecule has 0 radical (unpaired) electrons. The molecule has 1 aliphatic rings. The van der Waals surface area contributed by atoms with Crippen LogP contribution in [0, 0.1) is 5.82 Å². The first-order chi connectivity index (χ1) is 14.2. The molecule has 0 aliphatic heterocycles. The van der Waals surface area contributed by atoms with Gasteiger partial charge in [0.05, 0.1) is 11.9 Å². The number of hydrogen-bond donors (Lipinski definition) is 2. The van der Waals surface area contributed by atoms with E-state index in [0.29, 0.717) is 34.5 Å². The van der Waals surface area contributed by atoms with Crippen LogP contribution in [0.15, 0.2) is 48.8 Å². The molecular formula is C21H19FN6O. The van der Waals surface area contributed by atoms with Crippen LogP contribution >= 0.6 is 0 Å². The van der Waals surface area contributed by atoms with Crippen molar-refractivity contribution >= 4 is 16.9 Å². The number of pyridine rings is 1. The number of nitrogens with one attached hydrogen (secondary N) is 1. The zero-order chi connectivity index (χ0) is 19.8. The van der Waals surface area contributed by atoms with Gasteiger partial charge in [-0.05, 0) is 37.0 Å². The zero-order valence-corrected chi connectivity index (χ0v) is 15.6. The second-order valence-electron chi connectivity index (χ2n) is 7.08. The summed E-state index contributed by atoms with van der Waals surface area (Å²) >= 11 is 0. The van der Waals surface area contributed by atoms with Crippen molar-refractivity contribution in [1.29, 1.82) is 0 Å². The van der Waals surface area contributed by atoms with E-state index in [1.807, 2.05) is 12.1 Å². The average Bonchev–Trinajstić information content (AvgIpc) is 3.52. The summed E-state index contributed by atoms with van der Waals surface area (Å²) in [5.74, 6) is 1.22. The van der Waals surface area contributed by atoms with E-state index in [1.54, 1.807) is 35.3 Å². The molecule has 5 rings (SSSR count). The third-order valence-electron chi connectivity index (χ3n) is 5.08. The molecule has 0 saturated heterocycles. The Kier molecular flexibility index (Phi) is 4.40. The maximum absolute atomic E-state index is 14.2. The third-order valence-corrected chi connectivity index (χ3v) is 5.08. The van der Waals surface area contributed by atoms with Gasteiger partial charge in [0.1, 0.15) is 24.1 Å². The molecule has 0 spiro atoms. The fraction of sp³-hybridized carbons (Fsp3) is 0.238. The van der Waals surface area contributed by atoms with E-state index in [-0.39, 0.29) is 19.1 Å². The molecule has 1 aliphatic carbocycles. The number of fused-ring (bicyclic) bond motifs is 1. The minimum absolute atomic E-state index is 0.208. The lowest BCUT2D eigenvalue weighted by Crippen LogP contribution is -2.07. The van der Waals surface area contributed by atoms with Gasteiger partial charge in [-0.3, -0.25) is 0 Å². The lowest BCUT2D eigenvalue weighted by atomic mass is 10.2. The monoisotopic (exact) mass is 390 g/mol. The van der Waals surface area contributed by atoms with E-state index < -0.39 is 0 Å². The highest BCUT2D eigenvalue weighted by molar-refractivity contribution is 5.89. The Labute approximate surface area is 166 Å².